The summed E-state index contributed by atoms with van der Waals surface area (Å²) in [5.41, 5.74) is 4.13. The van der Waals surface area contributed by atoms with Gasteiger partial charge in [0.25, 0.3) is 5.91 Å². The molecule has 0 atom stereocenters. The molecule has 3 N–H and O–H groups in total. The van der Waals surface area contributed by atoms with E-state index in [1.807, 2.05) is 0 Å². The topological polar surface area (TPSA) is 81.4 Å². The van der Waals surface area contributed by atoms with Gasteiger partial charge in [-0.25, -0.2) is 4.79 Å². The van der Waals surface area contributed by atoms with Gasteiger partial charge < -0.3 is 15.8 Å². The third-order valence-electron chi connectivity index (χ3n) is 3.08. The first-order valence-electron chi connectivity index (χ1n) is 6.86. The van der Waals surface area contributed by atoms with Crippen molar-refractivity contribution in [2.45, 2.75) is 6.18 Å². The summed E-state index contributed by atoms with van der Waals surface area (Å²) in [6.07, 6.45) is -4.58. The molecule has 0 aliphatic rings. The van der Waals surface area contributed by atoms with Crippen LogP contribution < -0.4 is 11.1 Å². The van der Waals surface area contributed by atoms with E-state index in [1.54, 1.807) is 24.3 Å². The molecule has 0 spiro atoms. The van der Waals surface area contributed by atoms with Crippen molar-refractivity contribution in [2.24, 2.45) is 0 Å². The Labute approximate surface area is 145 Å². The van der Waals surface area contributed by atoms with Crippen LogP contribution in [0.5, 0.6) is 0 Å². The minimum atomic E-state index is -4.58. The third kappa shape index (κ3) is 4.87. The molecule has 5 nitrogen and oxygen atoms in total. The van der Waals surface area contributed by atoms with Crippen LogP contribution in [0, 0.1) is 0 Å². The SMILES string of the molecule is Nc1cc(C(F)(F)F)ccc1C(=O)OCC(=O)Nc1ccccc1Cl. The zero-order chi connectivity index (χ0) is 18.6. The van der Waals surface area contributed by atoms with E-state index in [1.165, 1.54) is 0 Å². The lowest BCUT2D eigenvalue weighted by Gasteiger charge is -2.11. The number of nitrogens with two attached hydrogens (primary N) is 1. The maximum atomic E-state index is 12.6. The highest BCUT2D eigenvalue weighted by atomic mass is 35.5. The van der Waals surface area contributed by atoms with Crippen LogP contribution in [0.25, 0.3) is 0 Å². The molecule has 1 amide bonds. The van der Waals surface area contributed by atoms with E-state index in [-0.39, 0.29) is 5.56 Å². The second-order valence-corrected chi connectivity index (χ2v) is 5.31. The molecule has 0 bridgehead atoms. The van der Waals surface area contributed by atoms with E-state index < -0.39 is 35.9 Å². The average Bonchev–Trinajstić information content (AvgIpc) is 2.54. The van der Waals surface area contributed by atoms with Gasteiger partial charge >= 0.3 is 12.1 Å². The van der Waals surface area contributed by atoms with Crippen molar-refractivity contribution >= 4 is 34.9 Å². The molecule has 0 aliphatic carbocycles. The number of halogens is 4. The van der Waals surface area contributed by atoms with Crippen molar-refractivity contribution in [3.8, 4) is 0 Å². The molecule has 2 aromatic rings. The lowest BCUT2D eigenvalue weighted by molar-refractivity contribution is -0.137. The zero-order valence-electron chi connectivity index (χ0n) is 12.6. The molecule has 0 saturated carbocycles. The normalized spacial score (nSPS) is 11.0. The predicted molar refractivity (Wildman–Crippen MR) is 86.2 cm³/mol. The molecule has 0 saturated heterocycles. The zero-order valence-corrected chi connectivity index (χ0v) is 13.3. The number of alkyl halides is 3. The standard InChI is InChI=1S/C16H12ClF3N2O3/c17-11-3-1-2-4-13(11)22-14(23)8-25-15(24)10-6-5-9(7-12(10)21)16(18,19)20/h1-7H,8,21H2,(H,22,23). The number of ether oxygens (including phenoxy) is 1. The molecule has 0 aliphatic heterocycles. The fourth-order valence-electron chi connectivity index (χ4n) is 1.88. The van der Waals surface area contributed by atoms with Crippen LogP contribution in [0.1, 0.15) is 15.9 Å². The maximum absolute atomic E-state index is 12.6. The van der Waals surface area contributed by atoms with Gasteiger partial charge in [0.15, 0.2) is 6.61 Å². The summed E-state index contributed by atoms with van der Waals surface area (Å²) in [6, 6.07) is 8.66. The number of para-hydroxylation sites is 1. The summed E-state index contributed by atoms with van der Waals surface area (Å²) in [6.45, 7) is -0.648. The number of amides is 1. The van der Waals surface area contributed by atoms with E-state index in [9.17, 15) is 22.8 Å². The van der Waals surface area contributed by atoms with Crippen LogP contribution in [0.2, 0.25) is 5.02 Å². The van der Waals surface area contributed by atoms with Crippen molar-refractivity contribution < 1.29 is 27.5 Å². The van der Waals surface area contributed by atoms with Gasteiger partial charge in [-0.2, -0.15) is 13.2 Å². The molecule has 0 heterocycles. The molecule has 9 heteroatoms. The molecule has 132 valence electrons. The predicted octanol–water partition coefficient (Wildman–Crippen LogP) is 3.74. The van der Waals surface area contributed by atoms with E-state index in [0.29, 0.717) is 22.8 Å². The van der Waals surface area contributed by atoms with Crippen LogP contribution in [-0.2, 0) is 15.7 Å². The Balaban J connectivity index is 1.98. The summed E-state index contributed by atoms with van der Waals surface area (Å²) in [7, 11) is 0. The number of benzene rings is 2. The van der Waals surface area contributed by atoms with Gasteiger partial charge in [-0.05, 0) is 30.3 Å². The van der Waals surface area contributed by atoms with Crippen molar-refractivity contribution in [2.75, 3.05) is 17.7 Å². The van der Waals surface area contributed by atoms with Crippen molar-refractivity contribution in [3.05, 3.63) is 58.6 Å². The van der Waals surface area contributed by atoms with Crippen LogP contribution in [0.15, 0.2) is 42.5 Å². The van der Waals surface area contributed by atoms with Gasteiger partial charge in [0.1, 0.15) is 0 Å². The minimum absolute atomic E-state index is 0.265. The van der Waals surface area contributed by atoms with Crippen molar-refractivity contribution in [1.29, 1.82) is 0 Å². The average molecular weight is 373 g/mol. The minimum Gasteiger partial charge on any atom is -0.452 e. The summed E-state index contributed by atoms with van der Waals surface area (Å²) in [5, 5.41) is 2.73. The van der Waals surface area contributed by atoms with E-state index in [0.717, 1.165) is 6.07 Å². The highest BCUT2D eigenvalue weighted by Crippen LogP contribution is 2.31. The Kier molecular flexibility index (Phi) is 5.53. The number of carbonyl (C=O) groups is 2. The lowest BCUT2D eigenvalue weighted by Crippen LogP contribution is -2.21. The molecule has 2 rings (SSSR count). The van der Waals surface area contributed by atoms with Crippen LogP contribution in [0.3, 0.4) is 0 Å². The van der Waals surface area contributed by atoms with Crippen LogP contribution in [0.4, 0.5) is 24.5 Å². The van der Waals surface area contributed by atoms with Crippen molar-refractivity contribution in [3.63, 3.8) is 0 Å². The first-order chi connectivity index (χ1) is 11.7. The molecule has 0 fully saturated rings. The van der Waals surface area contributed by atoms with E-state index in [2.05, 4.69) is 5.32 Å². The van der Waals surface area contributed by atoms with Gasteiger partial charge in [-0.1, -0.05) is 23.7 Å². The second-order valence-electron chi connectivity index (χ2n) is 4.90. The summed E-state index contributed by atoms with van der Waals surface area (Å²) >= 11 is 5.87. The quantitative estimate of drug-likeness (QED) is 0.633. The summed E-state index contributed by atoms with van der Waals surface area (Å²) in [5.74, 6) is -1.67. The van der Waals surface area contributed by atoms with Crippen LogP contribution in [-0.4, -0.2) is 18.5 Å². The Bertz CT molecular complexity index is 809. The number of hydrogen-bond donors (Lipinski definition) is 2. The molecular formula is C16H12ClF3N2O3. The van der Waals surface area contributed by atoms with Crippen LogP contribution >= 0.6 is 11.6 Å². The number of hydrogen-bond acceptors (Lipinski definition) is 4. The van der Waals surface area contributed by atoms with Crippen molar-refractivity contribution in [1.82, 2.24) is 0 Å². The molecule has 25 heavy (non-hydrogen) atoms. The molecule has 0 aromatic heterocycles. The Morgan fingerprint density at radius 1 is 1.16 bits per heavy atom. The first kappa shape index (κ1) is 18.6. The largest absolute Gasteiger partial charge is 0.452 e. The number of nitrogens with one attached hydrogen (secondary N) is 1. The fraction of sp³-hybridized carbons (Fsp3) is 0.125. The maximum Gasteiger partial charge on any atom is 0.416 e. The van der Waals surface area contributed by atoms with Gasteiger partial charge in [0, 0.05) is 5.69 Å². The van der Waals surface area contributed by atoms with E-state index in [4.69, 9.17) is 22.1 Å². The highest BCUT2D eigenvalue weighted by molar-refractivity contribution is 6.33. The molecule has 0 radical (unpaired) electrons. The fourth-order valence-corrected chi connectivity index (χ4v) is 2.07. The summed E-state index contributed by atoms with van der Waals surface area (Å²) < 4.78 is 42.4. The molecular weight excluding hydrogens is 361 g/mol. The number of carbonyl (C=O) groups excluding carboxylic acids is 2. The highest BCUT2D eigenvalue weighted by Gasteiger charge is 2.31. The Hall–Kier alpha value is -2.74. The van der Waals surface area contributed by atoms with E-state index >= 15 is 0 Å². The Morgan fingerprint density at radius 2 is 1.84 bits per heavy atom. The van der Waals surface area contributed by atoms with Gasteiger partial charge in [-0.15, -0.1) is 0 Å². The van der Waals surface area contributed by atoms with Gasteiger partial charge in [0.2, 0.25) is 0 Å². The number of nitrogen functional groups attached to an aromatic ring is 1. The third-order valence-corrected chi connectivity index (χ3v) is 3.41. The molecule has 2 aromatic carbocycles. The molecule has 0 unspecified atom stereocenters. The number of esters is 1. The number of rotatable bonds is 4. The number of anilines is 2. The lowest BCUT2D eigenvalue weighted by atomic mass is 10.1. The van der Waals surface area contributed by atoms with Gasteiger partial charge in [0.05, 0.1) is 21.8 Å². The second kappa shape index (κ2) is 7.43. The summed E-state index contributed by atoms with van der Waals surface area (Å²) in [4.78, 5) is 23.6. The smallest absolute Gasteiger partial charge is 0.416 e. The Morgan fingerprint density at radius 3 is 2.44 bits per heavy atom. The monoisotopic (exact) mass is 372 g/mol. The first-order valence-corrected chi connectivity index (χ1v) is 7.24. The van der Waals surface area contributed by atoms with Gasteiger partial charge in [-0.3, -0.25) is 4.79 Å².